The molecule has 2 unspecified atom stereocenters. The van der Waals surface area contributed by atoms with E-state index in [4.69, 9.17) is 4.74 Å². The highest BCUT2D eigenvalue weighted by atomic mass is 16.5. The Labute approximate surface area is 170 Å². The van der Waals surface area contributed by atoms with E-state index in [1.54, 1.807) is 11.1 Å². The summed E-state index contributed by atoms with van der Waals surface area (Å²) in [6.45, 7) is 10.7. The zero-order valence-electron chi connectivity index (χ0n) is 17.6. The molecule has 1 aliphatic heterocycles. The number of morpholine rings is 1. The largest absolute Gasteiger partial charge is 0.378 e. The van der Waals surface area contributed by atoms with Gasteiger partial charge >= 0.3 is 0 Å². The molecule has 0 saturated carbocycles. The van der Waals surface area contributed by atoms with Crippen molar-refractivity contribution in [3.8, 4) is 0 Å². The van der Waals surface area contributed by atoms with Gasteiger partial charge in [0.2, 0.25) is 0 Å². The molecule has 0 N–H and O–H groups in total. The third-order valence-corrected chi connectivity index (χ3v) is 6.88. The summed E-state index contributed by atoms with van der Waals surface area (Å²) in [7, 11) is 2.25. The fraction of sp³-hybridized carbons (Fsp3) is 0.520. The summed E-state index contributed by atoms with van der Waals surface area (Å²) in [6, 6.07) is 18.0. The van der Waals surface area contributed by atoms with Crippen LogP contribution in [0.4, 0.5) is 5.69 Å². The van der Waals surface area contributed by atoms with Gasteiger partial charge in [0, 0.05) is 25.3 Å². The van der Waals surface area contributed by atoms with Gasteiger partial charge in [-0.2, -0.15) is 0 Å². The maximum Gasteiger partial charge on any atom is 0.0642 e. The quantitative estimate of drug-likeness (QED) is 0.712. The normalized spacial score (nSPS) is 24.6. The van der Waals surface area contributed by atoms with E-state index in [9.17, 15) is 0 Å². The number of ether oxygens (including phenoxy) is 1. The topological polar surface area (TPSA) is 15.7 Å². The molecule has 1 heterocycles. The van der Waals surface area contributed by atoms with Gasteiger partial charge in [-0.3, -0.25) is 0 Å². The summed E-state index contributed by atoms with van der Waals surface area (Å²) in [6.07, 6.45) is 1.23. The minimum Gasteiger partial charge on any atom is -0.378 e. The van der Waals surface area contributed by atoms with Gasteiger partial charge in [0.1, 0.15) is 0 Å². The lowest BCUT2D eigenvalue weighted by atomic mass is 9.87. The van der Waals surface area contributed by atoms with Crippen molar-refractivity contribution in [3.63, 3.8) is 0 Å². The van der Waals surface area contributed by atoms with Crippen LogP contribution in [0.2, 0.25) is 0 Å². The molecule has 3 heteroatoms. The molecular formula is C25H34N2O. The van der Waals surface area contributed by atoms with E-state index in [1.165, 1.54) is 17.7 Å². The molecule has 3 atom stereocenters. The minimum atomic E-state index is 0.651. The maximum atomic E-state index is 5.54. The van der Waals surface area contributed by atoms with Crippen molar-refractivity contribution in [3.05, 3.63) is 65.2 Å². The Morgan fingerprint density at radius 2 is 1.75 bits per heavy atom. The summed E-state index contributed by atoms with van der Waals surface area (Å²) < 4.78 is 5.54. The molecule has 0 aromatic heterocycles. The molecule has 1 aliphatic carbocycles. The average Bonchev–Trinajstić information content (AvgIpc) is 2.97. The lowest BCUT2D eigenvalue weighted by Gasteiger charge is -2.30. The first-order valence-electron chi connectivity index (χ1n) is 10.8. The maximum absolute atomic E-state index is 5.54. The van der Waals surface area contributed by atoms with Crippen LogP contribution in [0.5, 0.6) is 0 Å². The summed E-state index contributed by atoms with van der Waals surface area (Å²) in [4.78, 5) is 4.95. The van der Waals surface area contributed by atoms with Crippen LogP contribution in [0.1, 0.15) is 48.8 Å². The fourth-order valence-electron chi connectivity index (χ4n) is 4.98. The molecule has 150 valence electrons. The Balaban J connectivity index is 1.45. The second kappa shape index (κ2) is 8.67. The average molecular weight is 379 g/mol. The van der Waals surface area contributed by atoms with Gasteiger partial charge in [-0.15, -0.1) is 0 Å². The van der Waals surface area contributed by atoms with Gasteiger partial charge in [0.15, 0.2) is 0 Å². The molecule has 1 saturated heterocycles. The first-order valence-corrected chi connectivity index (χ1v) is 10.8. The van der Waals surface area contributed by atoms with Gasteiger partial charge in [-0.05, 0) is 66.6 Å². The van der Waals surface area contributed by atoms with E-state index in [1.807, 2.05) is 0 Å². The smallest absolute Gasteiger partial charge is 0.0642 e. The summed E-state index contributed by atoms with van der Waals surface area (Å²) in [5, 5.41) is 0. The lowest BCUT2D eigenvalue weighted by Crippen LogP contribution is -2.36. The SMILES string of the molecule is CC1c2ccc(N3CCOCC3)cc2C(CCN(C)Cc2ccccc2)[C@@H]1C. The van der Waals surface area contributed by atoms with Crippen molar-refractivity contribution in [1.82, 2.24) is 4.90 Å². The van der Waals surface area contributed by atoms with Gasteiger partial charge in [-0.1, -0.05) is 50.2 Å². The highest BCUT2D eigenvalue weighted by Crippen LogP contribution is 2.48. The fourth-order valence-corrected chi connectivity index (χ4v) is 4.98. The molecule has 0 amide bonds. The summed E-state index contributed by atoms with van der Waals surface area (Å²) >= 11 is 0. The highest BCUT2D eigenvalue weighted by Gasteiger charge is 2.35. The predicted octanol–water partition coefficient (Wildman–Crippen LogP) is 4.88. The first-order chi connectivity index (χ1) is 13.6. The van der Waals surface area contributed by atoms with Crippen LogP contribution < -0.4 is 4.90 Å². The van der Waals surface area contributed by atoms with Crippen LogP contribution in [0.15, 0.2) is 48.5 Å². The molecule has 4 rings (SSSR count). The molecule has 2 aliphatic rings. The Morgan fingerprint density at radius 3 is 2.50 bits per heavy atom. The first kappa shape index (κ1) is 19.5. The number of anilines is 1. The molecule has 0 spiro atoms. The molecule has 2 aromatic carbocycles. The molecule has 1 fully saturated rings. The van der Waals surface area contributed by atoms with Crippen molar-refractivity contribution in [2.75, 3.05) is 44.8 Å². The van der Waals surface area contributed by atoms with Crippen LogP contribution in [-0.4, -0.2) is 44.8 Å². The number of benzene rings is 2. The number of hydrogen-bond donors (Lipinski definition) is 0. The standard InChI is InChI=1S/C25H34N2O/c1-19-20(2)24(11-12-26(3)18-21-7-5-4-6-8-21)25-17-22(9-10-23(19)25)27-13-15-28-16-14-27/h4-10,17,19-20,24H,11-16,18H2,1-3H3/t19?,20-,24?/m1/s1. The van der Waals surface area contributed by atoms with E-state index in [2.05, 4.69) is 79.2 Å². The van der Waals surface area contributed by atoms with E-state index in [-0.39, 0.29) is 0 Å². The number of nitrogens with zero attached hydrogens (tertiary/aromatic N) is 2. The van der Waals surface area contributed by atoms with Gasteiger partial charge < -0.3 is 14.5 Å². The third-order valence-electron chi connectivity index (χ3n) is 6.88. The van der Waals surface area contributed by atoms with Gasteiger partial charge in [0.25, 0.3) is 0 Å². The lowest BCUT2D eigenvalue weighted by molar-refractivity contribution is 0.122. The third kappa shape index (κ3) is 4.11. The van der Waals surface area contributed by atoms with Crippen LogP contribution in [0, 0.1) is 5.92 Å². The Morgan fingerprint density at radius 1 is 1.00 bits per heavy atom. The van der Waals surface area contributed by atoms with E-state index in [0.29, 0.717) is 17.8 Å². The van der Waals surface area contributed by atoms with Crippen molar-refractivity contribution >= 4 is 5.69 Å². The molecule has 0 bridgehead atoms. The predicted molar refractivity (Wildman–Crippen MR) is 117 cm³/mol. The van der Waals surface area contributed by atoms with Crippen LogP contribution in [0.3, 0.4) is 0 Å². The second-order valence-electron chi connectivity index (χ2n) is 8.68. The molecule has 2 aromatic rings. The highest BCUT2D eigenvalue weighted by molar-refractivity contribution is 5.55. The van der Waals surface area contributed by atoms with Gasteiger partial charge in [0.05, 0.1) is 13.2 Å². The summed E-state index contributed by atoms with van der Waals surface area (Å²) in [5.74, 6) is 2.02. The van der Waals surface area contributed by atoms with Crippen molar-refractivity contribution in [2.45, 2.75) is 38.6 Å². The Kier molecular flexibility index (Phi) is 6.03. The minimum absolute atomic E-state index is 0.651. The van der Waals surface area contributed by atoms with E-state index >= 15 is 0 Å². The molecular weight excluding hydrogens is 344 g/mol. The van der Waals surface area contributed by atoms with Crippen molar-refractivity contribution in [1.29, 1.82) is 0 Å². The van der Waals surface area contributed by atoms with E-state index in [0.717, 1.165) is 39.4 Å². The number of rotatable bonds is 6. The van der Waals surface area contributed by atoms with Crippen molar-refractivity contribution < 1.29 is 4.74 Å². The van der Waals surface area contributed by atoms with Crippen LogP contribution >= 0.6 is 0 Å². The molecule has 3 nitrogen and oxygen atoms in total. The summed E-state index contributed by atoms with van der Waals surface area (Å²) in [5.41, 5.74) is 5.94. The number of fused-ring (bicyclic) bond motifs is 1. The molecule has 0 radical (unpaired) electrons. The van der Waals surface area contributed by atoms with Gasteiger partial charge in [-0.25, -0.2) is 0 Å². The Hall–Kier alpha value is -1.84. The second-order valence-corrected chi connectivity index (χ2v) is 8.68. The van der Waals surface area contributed by atoms with Crippen molar-refractivity contribution in [2.24, 2.45) is 5.92 Å². The zero-order valence-corrected chi connectivity index (χ0v) is 17.6. The zero-order chi connectivity index (χ0) is 19.5. The molecule has 28 heavy (non-hydrogen) atoms. The monoisotopic (exact) mass is 378 g/mol. The van der Waals surface area contributed by atoms with E-state index < -0.39 is 0 Å². The van der Waals surface area contributed by atoms with Crippen LogP contribution in [-0.2, 0) is 11.3 Å². The number of hydrogen-bond acceptors (Lipinski definition) is 3. The Bertz CT molecular complexity index is 769. The van der Waals surface area contributed by atoms with Crippen LogP contribution in [0.25, 0.3) is 0 Å².